The molecule has 1 aromatic heterocycles. The van der Waals surface area contributed by atoms with Crippen LogP contribution in [-0.4, -0.2) is 27.6 Å². The maximum absolute atomic E-state index is 12.5. The number of thioether (sulfide) groups is 1. The van der Waals surface area contributed by atoms with Gasteiger partial charge in [0.2, 0.25) is 5.91 Å². The zero-order chi connectivity index (χ0) is 19.4. The fourth-order valence-corrected chi connectivity index (χ4v) is 4.14. The molecule has 0 aliphatic carbocycles. The normalized spacial score (nSPS) is 15.6. The number of amides is 2. The molecule has 1 fully saturated rings. The summed E-state index contributed by atoms with van der Waals surface area (Å²) in [7, 11) is 0. The molecule has 2 aromatic rings. The van der Waals surface area contributed by atoms with Gasteiger partial charge in [0.25, 0.3) is 5.91 Å². The average molecular weight is 441 g/mol. The van der Waals surface area contributed by atoms with Gasteiger partial charge in [-0.1, -0.05) is 47.2 Å². The standard InChI is InChI=1S/C18H14Cl2N2O3S2/c19-11-5-6-14(13(20)9-11)21-16(23)4-1-7-22-17(24)15(27-18(22)26)10-12-3-2-8-25-12/h2-3,5-6,8-10H,1,4,7H2,(H,21,23). The fourth-order valence-electron chi connectivity index (χ4n) is 2.40. The van der Waals surface area contributed by atoms with Crippen LogP contribution in [0.15, 0.2) is 45.9 Å². The Morgan fingerprint density at radius 2 is 2.15 bits per heavy atom. The second-order valence-electron chi connectivity index (χ2n) is 5.62. The van der Waals surface area contributed by atoms with Crippen LogP contribution in [-0.2, 0) is 9.59 Å². The molecular weight excluding hydrogens is 427 g/mol. The van der Waals surface area contributed by atoms with Crippen LogP contribution in [0, 0.1) is 0 Å². The number of hydrogen-bond donors (Lipinski definition) is 1. The van der Waals surface area contributed by atoms with Crippen LogP contribution in [0.25, 0.3) is 6.08 Å². The average Bonchev–Trinajstić information content (AvgIpc) is 3.21. The van der Waals surface area contributed by atoms with E-state index >= 15 is 0 Å². The van der Waals surface area contributed by atoms with Crippen LogP contribution < -0.4 is 5.32 Å². The molecule has 0 atom stereocenters. The molecule has 1 aliphatic heterocycles. The molecule has 0 unspecified atom stereocenters. The Hall–Kier alpha value is -1.80. The molecule has 1 aliphatic rings. The van der Waals surface area contributed by atoms with Crippen LogP contribution in [0.2, 0.25) is 10.0 Å². The van der Waals surface area contributed by atoms with E-state index in [2.05, 4.69) is 5.32 Å². The van der Waals surface area contributed by atoms with Gasteiger partial charge in [-0.05, 0) is 36.8 Å². The summed E-state index contributed by atoms with van der Waals surface area (Å²) in [6.07, 6.45) is 3.90. The number of nitrogens with one attached hydrogen (secondary N) is 1. The number of carbonyl (C=O) groups is 2. The molecule has 2 amide bonds. The van der Waals surface area contributed by atoms with Crippen molar-refractivity contribution in [1.82, 2.24) is 4.90 Å². The minimum absolute atomic E-state index is 0.178. The van der Waals surface area contributed by atoms with Gasteiger partial charge in [0, 0.05) is 24.1 Å². The van der Waals surface area contributed by atoms with E-state index in [-0.39, 0.29) is 18.2 Å². The van der Waals surface area contributed by atoms with Crippen molar-refractivity contribution in [2.75, 3.05) is 11.9 Å². The first-order valence-electron chi connectivity index (χ1n) is 7.98. The highest BCUT2D eigenvalue weighted by Gasteiger charge is 2.31. The summed E-state index contributed by atoms with van der Waals surface area (Å²) in [6, 6.07) is 8.36. The molecular formula is C18H14Cl2N2O3S2. The highest BCUT2D eigenvalue weighted by Crippen LogP contribution is 2.32. The second kappa shape index (κ2) is 8.93. The molecule has 1 saturated heterocycles. The number of nitrogens with zero attached hydrogens (tertiary/aromatic N) is 1. The molecule has 9 heteroatoms. The summed E-state index contributed by atoms with van der Waals surface area (Å²) < 4.78 is 5.70. The first-order valence-corrected chi connectivity index (χ1v) is 9.96. The van der Waals surface area contributed by atoms with Crippen molar-refractivity contribution in [2.45, 2.75) is 12.8 Å². The SMILES string of the molecule is O=C(CCCN1C(=O)C(=Cc2ccco2)SC1=S)Nc1ccc(Cl)cc1Cl. The van der Waals surface area contributed by atoms with Crippen molar-refractivity contribution in [3.05, 3.63) is 57.3 Å². The van der Waals surface area contributed by atoms with Crippen LogP contribution in [0.5, 0.6) is 0 Å². The molecule has 1 N–H and O–H groups in total. The second-order valence-corrected chi connectivity index (χ2v) is 8.14. The third kappa shape index (κ3) is 5.13. The summed E-state index contributed by atoms with van der Waals surface area (Å²) in [5.41, 5.74) is 0.498. The maximum atomic E-state index is 12.5. The number of thiocarbonyl (C=S) groups is 1. The van der Waals surface area contributed by atoms with E-state index in [1.165, 1.54) is 22.9 Å². The molecule has 140 valence electrons. The molecule has 1 aromatic carbocycles. The van der Waals surface area contributed by atoms with Crippen LogP contribution in [0.1, 0.15) is 18.6 Å². The summed E-state index contributed by atoms with van der Waals surface area (Å²) in [6.45, 7) is 0.363. The Morgan fingerprint density at radius 1 is 1.33 bits per heavy atom. The minimum atomic E-state index is -0.198. The number of rotatable bonds is 6. The smallest absolute Gasteiger partial charge is 0.266 e. The van der Waals surface area contributed by atoms with Gasteiger partial charge in [-0.25, -0.2) is 0 Å². The van der Waals surface area contributed by atoms with Crippen LogP contribution in [0.4, 0.5) is 5.69 Å². The number of carbonyl (C=O) groups excluding carboxylic acids is 2. The first-order chi connectivity index (χ1) is 12.9. The molecule has 0 bridgehead atoms. The molecule has 0 saturated carbocycles. The highest BCUT2D eigenvalue weighted by molar-refractivity contribution is 8.26. The summed E-state index contributed by atoms with van der Waals surface area (Å²) in [4.78, 5) is 26.6. The molecule has 2 heterocycles. The lowest BCUT2D eigenvalue weighted by Crippen LogP contribution is -2.29. The Labute approximate surface area is 175 Å². The number of anilines is 1. The van der Waals surface area contributed by atoms with Crippen molar-refractivity contribution in [1.29, 1.82) is 0 Å². The minimum Gasteiger partial charge on any atom is -0.465 e. The Balaban J connectivity index is 1.52. The Bertz CT molecular complexity index is 913. The lowest BCUT2D eigenvalue weighted by atomic mass is 10.2. The van der Waals surface area contributed by atoms with Gasteiger partial charge in [-0.15, -0.1) is 0 Å². The van der Waals surface area contributed by atoms with Crippen LogP contribution in [0.3, 0.4) is 0 Å². The van der Waals surface area contributed by atoms with Crippen molar-refractivity contribution in [3.8, 4) is 0 Å². The Kier molecular flexibility index (Phi) is 6.59. The fraction of sp³-hybridized carbons (Fsp3) is 0.167. The predicted octanol–water partition coefficient (Wildman–Crippen LogP) is 5.21. The summed E-state index contributed by atoms with van der Waals surface area (Å²) in [5, 5.41) is 3.60. The quantitative estimate of drug-likeness (QED) is 0.493. The topological polar surface area (TPSA) is 62.6 Å². The van der Waals surface area contributed by atoms with Crippen molar-refractivity contribution < 1.29 is 14.0 Å². The van der Waals surface area contributed by atoms with E-state index in [0.29, 0.717) is 43.7 Å². The third-order valence-electron chi connectivity index (χ3n) is 3.68. The van der Waals surface area contributed by atoms with Gasteiger partial charge in [0.05, 0.1) is 21.9 Å². The van der Waals surface area contributed by atoms with E-state index in [1.807, 2.05) is 0 Å². The summed E-state index contributed by atoms with van der Waals surface area (Å²) in [5.74, 6) is 0.216. The van der Waals surface area contributed by atoms with Gasteiger partial charge >= 0.3 is 0 Å². The monoisotopic (exact) mass is 440 g/mol. The zero-order valence-corrected chi connectivity index (χ0v) is 17.1. The van der Waals surface area contributed by atoms with Crippen molar-refractivity contribution in [3.63, 3.8) is 0 Å². The van der Waals surface area contributed by atoms with Gasteiger partial charge in [0.1, 0.15) is 10.1 Å². The highest BCUT2D eigenvalue weighted by atomic mass is 35.5. The molecule has 3 rings (SSSR count). The molecule has 5 nitrogen and oxygen atoms in total. The number of halogens is 2. The van der Waals surface area contributed by atoms with E-state index < -0.39 is 0 Å². The van der Waals surface area contributed by atoms with Gasteiger partial charge < -0.3 is 9.73 Å². The number of furan rings is 1. The lowest BCUT2D eigenvalue weighted by molar-refractivity contribution is -0.122. The van der Waals surface area contributed by atoms with Gasteiger partial charge in [-0.2, -0.15) is 0 Å². The lowest BCUT2D eigenvalue weighted by Gasteiger charge is -2.14. The van der Waals surface area contributed by atoms with Crippen LogP contribution >= 0.6 is 47.2 Å². The van der Waals surface area contributed by atoms with Gasteiger partial charge in [0.15, 0.2) is 0 Å². The number of hydrogen-bond acceptors (Lipinski definition) is 5. The van der Waals surface area contributed by atoms with E-state index in [1.54, 1.807) is 36.4 Å². The third-order valence-corrected chi connectivity index (χ3v) is 5.61. The summed E-state index contributed by atoms with van der Waals surface area (Å²) >= 11 is 18.4. The van der Waals surface area contributed by atoms with E-state index in [9.17, 15) is 9.59 Å². The maximum Gasteiger partial charge on any atom is 0.266 e. The van der Waals surface area contributed by atoms with E-state index in [0.717, 1.165) is 0 Å². The van der Waals surface area contributed by atoms with E-state index in [4.69, 9.17) is 39.8 Å². The largest absolute Gasteiger partial charge is 0.465 e. The first kappa shape index (κ1) is 19.9. The van der Waals surface area contributed by atoms with Gasteiger partial charge in [-0.3, -0.25) is 14.5 Å². The number of benzene rings is 1. The molecule has 27 heavy (non-hydrogen) atoms. The van der Waals surface area contributed by atoms with Crippen molar-refractivity contribution in [2.24, 2.45) is 0 Å². The predicted molar refractivity (Wildman–Crippen MR) is 113 cm³/mol. The molecule has 0 radical (unpaired) electrons. The Morgan fingerprint density at radius 3 is 2.85 bits per heavy atom. The van der Waals surface area contributed by atoms with Crippen molar-refractivity contribution >= 4 is 75.1 Å². The zero-order valence-electron chi connectivity index (χ0n) is 13.9. The molecule has 0 spiro atoms.